The summed E-state index contributed by atoms with van der Waals surface area (Å²) in [6, 6.07) is 0.775. The van der Waals surface area contributed by atoms with Crippen LogP contribution >= 0.6 is 0 Å². The molecule has 1 aromatic rings. The second-order valence-corrected chi connectivity index (χ2v) is 6.86. The predicted octanol–water partition coefficient (Wildman–Crippen LogP) is 2.79. The van der Waals surface area contributed by atoms with Crippen molar-refractivity contribution in [2.45, 2.75) is 39.2 Å². The molecule has 6 nitrogen and oxygen atoms in total. The maximum atomic E-state index is 13.6. The highest BCUT2D eigenvalue weighted by Gasteiger charge is 2.47. The lowest BCUT2D eigenvalue weighted by Gasteiger charge is -2.22. The fourth-order valence-corrected chi connectivity index (χ4v) is 2.59. The molecule has 1 fully saturated rings. The summed E-state index contributed by atoms with van der Waals surface area (Å²) in [7, 11) is 0. The van der Waals surface area contributed by atoms with Crippen LogP contribution in [-0.4, -0.2) is 34.8 Å². The molecule has 0 aromatic heterocycles. The molecule has 4 amide bonds. The predicted molar refractivity (Wildman–Crippen MR) is 87.7 cm³/mol. The molecule has 0 saturated carbocycles. The fourth-order valence-electron chi connectivity index (χ4n) is 2.59. The molecule has 2 N–H and O–H groups in total. The number of hydrogen-bond acceptors (Lipinski definition) is 3. The standard InChI is InChI=1S/C17H20F3N3O3/c1-9(2)6-7-17(3)15(25)23(16(26)22-17)8-12(24)21-11-5-4-10(18)13(19)14(11)20/h4-5,9H,6-8H2,1-3H3,(H,21,24)(H,22,26)/t17-/m1/s1. The van der Waals surface area contributed by atoms with Crippen LogP contribution in [0.1, 0.15) is 33.6 Å². The first kappa shape index (κ1) is 19.7. The number of nitrogens with one attached hydrogen (secondary N) is 2. The number of benzene rings is 1. The number of carbonyl (C=O) groups excluding carboxylic acids is 3. The summed E-state index contributed by atoms with van der Waals surface area (Å²) >= 11 is 0. The van der Waals surface area contributed by atoms with Gasteiger partial charge in [-0.25, -0.2) is 18.0 Å². The highest BCUT2D eigenvalue weighted by molar-refractivity contribution is 6.09. The lowest BCUT2D eigenvalue weighted by Crippen LogP contribution is -2.44. The van der Waals surface area contributed by atoms with E-state index in [2.05, 4.69) is 5.32 Å². The van der Waals surface area contributed by atoms with E-state index in [0.29, 0.717) is 29.7 Å². The molecule has 2 rings (SSSR count). The van der Waals surface area contributed by atoms with Crippen molar-refractivity contribution in [3.63, 3.8) is 0 Å². The van der Waals surface area contributed by atoms with Crippen molar-refractivity contribution in [1.29, 1.82) is 0 Å². The smallest absolute Gasteiger partial charge is 0.323 e. The van der Waals surface area contributed by atoms with Gasteiger partial charge < -0.3 is 10.6 Å². The maximum Gasteiger partial charge on any atom is 0.325 e. The lowest BCUT2D eigenvalue weighted by atomic mass is 9.92. The summed E-state index contributed by atoms with van der Waals surface area (Å²) < 4.78 is 39.7. The first-order chi connectivity index (χ1) is 12.0. The Hall–Kier alpha value is -2.58. The molecule has 9 heteroatoms. The van der Waals surface area contributed by atoms with Crippen LogP contribution in [0.15, 0.2) is 12.1 Å². The molecule has 0 unspecified atom stereocenters. The fraction of sp³-hybridized carbons (Fsp3) is 0.471. The number of urea groups is 1. The monoisotopic (exact) mass is 371 g/mol. The highest BCUT2D eigenvalue weighted by atomic mass is 19.2. The molecule has 0 radical (unpaired) electrons. The van der Waals surface area contributed by atoms with Crippen LogP contribution < -0.4 is 10.6 Å². The van der Waals surface area contributed by atoms with Gasteiger partial charge in [0, 0.05) is 0 Å². The van der Waals surface area contributed by atoms with Crippen molar-refractivity contribution in [1.82, 2.24) is 10.2 Å². The molecule has 1 atom stereocenters. The Bertz CT molecular complexity index is 754. The molecule has 0 bridgehead atoms. The zero-order chi connectivity index (χ0) is 19.6. The molecule has 0 aliphatic carbocycles. The van der Waals surface area contributed by atoms with Gasteiger partial charge in [-0.1, -0.05) is 13.8 Å². The minimum absolute atomic E-state index is 0.324. The van der Waals surface area contributed by atoms with E-state index in [1.54, 1.807) is 6.92 Å². The molecule has 1 aliphatic rings. The van der Waals surface area contributed by atoms with Gasteiger partial charge in [-0.3, -0.25) is 14.5 Å². The van der Waals surface area contributed by atoms with Crippen LogP contribution in [0.4, 0.5) is 23.7 Å². The zero-order valence-electron chi connectivity index (χ0n) is 14.7. The van der Waals surface area contributed by atoms with Crippen LogP contribution in [-0.2, 0) is 9.59 Å². The van der Waals surface area contributed by atoms with E-state index >= 15 is 0 Å². The average molecular weight is 371 g/mol. The normalized spacial score (nSPS) is 19.9. The lowest BCUT2D eigenvalue weighted by molar-refractivity contribution is -0.133. The molecule has 142 valence electrons. The van der Waals surface area contributed by atoms with Gasteiger partial charge >= 0.3 is 6.03 Å². The van der Waals surface area contributed by atoms with E-state index in [-0.39, 0.29) is 0 Å². The molecule has 1 saturated heterocycles. The van der Waals surface area contributed by atoms with Crippen LogP contribution in [0.25, 0.3) is 0 Å². The Labute approximate surface area is 148 Å². The van der Waals surface area contributed by atoms with Crippen molar-refractivity contribution in [2.75, 3.05) is 11.9 Å². The number of imide groups is 1. The average Bonchev–Trinajstić information content (AvgIpc) is 2.77. The van der Waals surface area contributed by atoms with E-state index in [1.807, 2.05) is 19.2 Å². The number of amides is 4. The van der Waals surface area contributed by atoms with Gasteiger partial charge in [0.1, 0.15) is 12.1 Å². The van der Waals surface area contributed by atoms with Gasteiger partial charge in [-0.15, -0.1) is 0 Å². The first-order valence-electron chi connectivity index (χ1n) is 8.12. The Morgan fingerprint density at radius 3 is 2.50 bits per heavy atom. The minimum atomic E-state index is -1.72. The van der Waals surface area contributed by atoms with E-state index in [0.717, 1.165) is 6.07 Å². The molecule has 26 heavy (non-hydrogen) atoms. The first-order valence-corrected chi connectivity index (χ1v) is 8.12. The van der Waals surface area contributed by atoms with Crippen LogP contribution in [0.2, 0.25) is 0 Å². The number of halogens is 3. The minimum Gasteiger partial charge on any atom is -0.323 e. The van der Waals surface area contributed by atoms with Gasteiger partial charge in [0.25, 0.3) is 5.91 Å². The Kier molecular flexibility index (Phi) is 5.58. The maximum absolute atomic E-state index is 13.6. The zero-order valence-corrected chi connectivity index (χ0v) is 14.7. The number of hydrogen-bond donors (Lipinski definition) is 2. The Balaban J connectivity index is 2.06. The van der Waals surface area contributed by atoms with E-state index in [9.17, 15) is 27.6 Å². The third-order valence-corrected chi connectivity index (χ3v) is 4.18. The molecular weight excluding hydrogens is 351 g/mol. The van der Waals surface area contributed by atoms with Crippen molar-refractivity contribution in [2.24, 2.45) is 5.92 Å². The van der Waals surface area contributed by atoms with Crippen molar-refractivity contribution < 1.29 is 27.6 Å². The third-order valence-electron chi connectivity index (χ3n) is 4.18. The van der Waals surface area contributed by atoms with E-state index < -0.39 is 53.1 Å². The van der Waals surface area contributed by atoms with Crippen molar-refractivity contribution >= 4 is 23.5 Å². The van der Waals surface area contributed by atoms with Gasteiger partial charge in [-0.05, 0) is 37.8 Å². The third kappa shape index (κ3) is 3.97. The summed E-state index contributed by atoms with van der Waals surface area (Å²) in [4.78, 5) is 37.2. The van der Waals surface area contributed by atoms with E-state index in [1.165, 1.54) is 0 Å². The van der Waals surface area contributed by atoms with E-state index in [4.69, 9.17) is 0 Å². The molecule has 1 heterocycles. The van der Waals surface area contributed by atoms with Crippen LogP contribution in [0.3, 0.4) is 0 Å². The summed E-state index contributed by atoms with van der Waals surface area (Å²) in [5.74, 6) is -5.83. The molecule has 1 aliphatic heterocycles. The summed E-state index contributed by atoms with van der Waals surface area (Å²) in [6.45, 7) is 4.86. The van der Waals surface area contributed by atoms with Crippen LogP contribution in [0.5, 0.6) is 0 Å². The number of anilines is 1. The summed E-state index contributed by atoms with van der Waals surface area (Å²) in [5, 5.41) is 4.59. The second-order valence-electron chi connectivity index (χ2n) is 6.86. The molecular formula is C17H20F3N3O3. The topological polar surface area (TPSA) is 78.5 Å². The highest BCUT2D eigenvalue weighted by Crippen LogP contribution is 2.25. The second kappa shape index (κ2) is 7.35. The molecule has 0 spiro atoms. The van der Waals surface area contributed by atoms with Crippen molar-refractivity contribution in [3.05, 3.63) is 29.6 Å². The van der Waals surface area contributed by atoms with Gasteiger partial charge in [0.2, 0.25) is 5.91 Å². The largest absolute Gasteiger partial charge is 0.325 e. The summed E-state index contributed by atoms with van der Waals surface area (Å²) in [5.41, 5.74) is -1.70. The van der Waals surface area contributed by atoms with Gasteiger partial charge in [0.15, 0.2) is 17.5 Å². The Morgan fingerprint density at radius 1 is 1.23 bits per heavy atom. The van der Waals surface area contributed by atoms with Crippen molar-refractivity contribution in [3.8, 4) is 0 Å². The summed E-state index contributed by atoms with van der Waals surface area (Å²) in [6.07, 6.45) is 1.10. The van der Waals surface area contributed by atoms with Crippen LogP contribution in [0, 0.1) is 23.4 Å². The quantitative estimate of drug-likeness (QED) is 0.596. The number of nitrogens with zero attached hydrogens (tertiary/aromatic N) is 1. The SMILES string of the molecule is CC(C)CC[C@@]1(C)NC(=O)N(CC(=O)Nc2ccc(F)c(F)c2F)C1=O. The Morgan fingerprint density at radius 2 is 1.88 bits per heavy atom. The van der Waals surface area contributed by atoms with Gasteiger partial charge in [0.05, 0.1) is 5.69 Å². The molecule has 1 aromatic carbocycles. The number of rotatable bonds is 6. The van der Waals surface area contributed by atoms with Gasteiger partial charge in [-0.2, -0.15) is 0 Å². The number of carbonyl (C=O) groups is 3.